The molecule has 1 amide bonds. The Bertz CT molecular complexity index is 1020. The summed E-state index contributed by atoms with van der Waals surface area (Å²) in [7, 11) is 1.32. The fourth-order valence-electron chi connectivity index (χ4n) is 4.80. The first-order valence-electron chi connectivity index (χ1n) is 10.6. The summed E-state index contributed by atoms with van der Waals surface area (Å²) in [6, 6.07) is 7.01. The third-order valence-corrected chi connectivity index (χ3v) is 6.44. The second-order valence-corrected chi connectivity index (χ2v) is 8.44. The van der Waals surface area contributed by atoms with Crippen LogP contribution in [0.2, 0.25) is 0 Å². The lowest BCUT2D eigenvalue weighted by Gasteiger charge is -2.42. The highest BCUT2D eigenvalue weighted by Gasteiger charge is 2.46. The molecule has 32 heavy (non-hydrogen) atoms. The number of halogens is 2. The Morgan fingerprint density at radius 3 is 2.78 bits per heavy atom. The minimum atomic E-state index is -3.19. The number of ether oxygens (including phenoxy) is 1. The molecule has 2 aromatic heterocycles. The smallest absolute Gasteiger partial charge is 0.277 e. The number of nitrogens with zero attached hydrogens (tertiary/aromatic N) is 5. The average Bonchev–Trinajstić information content (AvgIpc) is 3.01. The molecule has 2 saturated heterocycles. The summed E-state index contributed by atoms with van der Waals surface area (Å²) in [5.74, 6) is -2.32. The number of carbonyl (C=O) groups excluding carboxylic acids is 1. The van der Waals surface area contributed by atoms with Crippen molar-refractivity contribution in [3.63, 3.8) is 0 Å². The maximum atomic E-state index is 14.8. The van der Waals surface area contributed by atoms with Crippen LogP contribution in [0.1, 0.15) is 37.3 Å². The zero-order valence-electron chi connectivity index (χ0n) is 18.0. The molecule has 2 aliphatic heterocycles. The number of likely N-dealkylation sites (tertiary alicyclic amines) is 1. The number of methoxy groups -OCH3 is 1. The average molecular weight is 441 g/mol. The number of carbonyl (C=O) groups is 1. The summed E-state index contributed by atoms with van der Waals surface area (Å²) >= 11 is 0. The topological polar surface area (TPSA) is 82.4 Å². The number of hydrogen-bond donors (Lipinski definition) is 0. The quantitative estimate of drug-likeness (QED) is 0.684. The fraction of sp³-hybridized carbons (Fsp3) is 0.478. The summed E-state index contributed by atoms with van der Waals surface area (Å²) in [6.07, 6.45) is 4.16. The van der Waals surface area contributed by atoms with E-state index in [0.29, 0.717) is 24.6 Å². The standard InChI is InChI=1S/C23H25F2N5O2/c1-15-9-17-13-29(14-19(15)30(17)21-4-3-16(10-26)11-28-21)22(31)5-7-23(24,25)18-6-8-27-12-20(18)32-2/h3-4,6,8,11-12,15,17,19H,5,7,9,13-14H2,1-2H3/t15-,17?,19?/m0/s1. The number of nitriles is 1. The third-order valence-electron chi connectivity index (χ3n) is 6.44. The van der Waals surface area contributed by atoms with Crippen LogP contribution in [0.15, 0.2) is 36.8 Å². The van der Waals surface area contributed by atoms with Crippen molar-refractivity contribution in [3.8, 4) is 11.8 Å². The highest BCUT2D eigenvalue weighted by molar-refractivity contribution is 5.77. The van der Waals surface area contributed by atoms with Crippen molar-refractivity contribution in [2.75, 3.05) is 25.1 Å². The lowest BCUT2D eigenvalue weighted by molar-refractivity contribution is -0.134. The molecule has 2 aromatic rings. The predicted molar refractivity (Wildman–Crippen MR) is 113 cm³/mol. The van der Waals surface area contributed by atoms with Gasteiger partial charge in [0.1, 0.15) is 17.6 Å². The molecule has 0 N–H and O–H groups in total. The second kappa shape index (κ2) is 8.69. The largest absolute Gasteiger partial charge is 0.495 e. The Balaban J connectivity index is 1.42. The van der Waals surface area contributed by atoms with E-state index < -0.39 is 12.3 Å². The molecule has 0 aliphatic carbocycles. The van der Waals surface area contributed by atoms with Gasteiger partial charge in [0.15, 0.2) is 0 Å². The highest BCUT2D eigenvalue weighted by atomic mass is 19.3. The molecule has 9 heteroatoms. The van der Waals surface area contributed by atoms with Crippen molar-refractivity contribution in [2.45, 2.75) is 44.2 Å². The van der Waals surface area contributed by atoms with Gasteiger partial charge in [-0.25, -0.2) is 13.8 Å². The van der Waals surface area contributed by atoms with Crippen LogP contribution in [-0.2, 0) is 10.7 Å². The Labute approximate surface area is 185 Å². The zero-order chi connectivity index (χ0) is 22.9. The fourth-order valence-corrected chi connectivity index (χ4v) is 4.80. The molecular formula is C23H25F2N5O2. The van der Waals surface area contributed by atoms with E-state index in [0.717, 1.165) is 12.2 Å². The number of piperazine rings is 1. The number of pyridine rings is 2. The van der Waals surface area contributed by atoms with Crippen LogP contribution < -0.4 is 9.64 Å². The SMILES string of the molecule is COc1cnccc1C(F)(F)CCC(=O)N1CC2C[C@H](C)C(C1)N2c1ccc(C#N)cn1. The van der Waals surface area contributed by atoms with Gasteiger partial charge in [-0.3, -0.25) is 9.78 Å². The van der Waals surface area contributed by atoms with Gasteiger partial charge < -0.3 is 14.5 Å². The predicted octanol–water partition coefficient (Wildman–Crippen LogP) is 3.35. The summed E-state index contributed by atoms with van der Waals surface area (Å²) < 4.78 is 34.6. The first kappa shape index (κ1) is 21.9. The van der Waals surface area contributed by atoms with Crippen LogP contribution in [-0.4, -0.2) is 53.1 Å². The van der Waals surface area contributed by atoms with Gasteiger partial charge in [-0.05, 0) is 30.5 Å². The summed E-state index contributed by atoms with van der Waals surface area (Å²) in [5, 5.41) is 8.99. The van der Waals surface area contributed by atoms with Gasteiger partial charge in [-0.2, -0.15) is 5.26 Å². The second-order valence-electron chi connectivity index (χ2n) is 8.44. The van der Waals surface area contributed by atoms with Gasteiger partial charge in [-0.1, -0.05) is 6.92 Å². The summed E-state index contributed by atoms with van der Waals surface area (Å²) in [4.78, 5) is 25.0. The molecule has 0 aromatic carbocycles. The van der Waals surface area contributed by atoms with Crippen molar-refractivity contribution in [2.24, 2.45) is 5.92 Å². The minimum absolute atomic E-state index is 0.0142. The molecule has 4 rings (SSSR count). The van der Waals surface area contributed by atoms with E-state index in [-0.39, 0.29) is 35.7 Å². The first-order valence-corrected chi connectivity index (χ1v) is 10.6. The molecule has 3 atom stereocenters. The van der Waals surface area contributed by atoms with Crippen LogP contribution in [0.25, 0.3) is 0 Å². The first-order chi connectivity index (χ1) is 15.3. The van der Waals surface area contributed by atoms with E-state index in [9.17, 15) is 13.6 Å². The van der Waals surface area contributed by atoms with Gasteiger partial charge in [0, 0.05) is 44.4 Å². The van der Waals surface area contributed by atoms with Gasteiger partial charge >= 0.3 is 0 Å². The Morgan fingerprint density at radius 1 is 1.31 bits per heavy atom. The van der Waals surface area contributed by atoms with Gasteiger partial charge in [0.05, 0.1) is 30.5 Å². The number of rotatable bonds is 6. The molecule has 0 saturated carbocycles. The van der Waals surface area contributed by atoms with Crippen molar-refractivity contribution < 1.29 is 18.3 Å². The Hall–Kier alpha value is -3.28. The van der Waals surface area contributed by atoms with Crippen LogP contribution in [0, 0.1) is 17.2 Å². The molecule has 2 bridgehead atoms. The molecule has 0 radical (unpaired) electrons. The van der Waals surface area contributed by atoms with Crippen molar-refractivity contribution >= 4 is 11.7 Å². The van der Waals surface area contributed by atoms with E-state index in [1.165, 1.54) is 25.6 Å². The van der Waals surface area contributed by atoms with Crippen LogP contribution in [0.5, 0.6) is 5.75 Å². The third kappa shape index (κ3) is 4.09. The number of aromatic nitrogens is 2. The molecule has 7 nitrogen and oxygen atoms in total. The molecule has 168 valence electrons. The van der Waals surface area contributed by atoms with Crippen molar-refractivity contribution in [1.29, 1.82) is 5.26 Å². The Kier molecular flexibility index (Phi) is 5.96. The maximum Gasteiger partial charge on any atom is 0.277 e. The lowest BCUT2D eigenvalue weighted by Crippen LogP contribution is -2.56. The maximum absolute atomic E-state index is 14.8. The van der Waals surface area contributed by atoms with Crippen LogP contribution >= 0.6 is 0 Å². The van der Waals surface area contributed by atoms with E-state index >= 15 is 0 Å². The minimum Gasteiger partial charge on any atom is -0.495 e. The molecular weight excluding hydrogens is 416 g/mol. The lowest BCUT2D eigenvalue weighted by atomic mass is 10.0. The van der Waals surface area contributed by atoms with E-state index in [1.807, 2.05) is 6.07 Å². The number of alkyl halides is 2. The van der Waals surface area contributed by atoms with Crippen LogP contribution in [0.4, 0.5) is 14.6 Å². The zero-order valence-corrected chi connectivity index (χ0v) is 18.0. The summed E-state index contributed by atoms with van der Waals surface area (Å²) in [6.45, 7) is 3.09. The Morgan fingerprint density at radius 2 is 2.12 bits per heavy atom. The monoisotopic (exact) mass is 441 g/mol. The number of anilines is 1. The molecule has 2 fully saturated rings. The molecule has 0 spiro atoms. The van der Waals surface area contributed by atoms with E-state index in [1.54, 1.807) is 17.2 Å². The van der Waals surface area contributed by atoms with Crippen LogP contribution in [0.3, 0.4) is 0 Å². The molecule has 2 unspecified atom stereocenters. The van der Waals surface area contributed by atoms with Gasteiger partial charge in [0.2, 0.25) is 5.91 Å². The molecule has 2 aliphatic rings. The number of fused-ring (bicyclic) bond motifs is 2. The van der Waals surface area contributed by atoms with Crippen molar-refractivity contribution in [1.82, 2.24) is 14.9 Å². The van der Waals surface area contributed by atoms with Crippen molar-refractivity contribution in [3.05, 3.63) is 47.9 Å². The number of amides is 1. The molecule has 4 heterocycles. The van der Waals surface area contributed by atoms with E-state index in [4.69, 9.17) is 10.00 Å². The van der Waals surface area contributed by atoms with E-state index in [2.05, 4.69) is 27.9 Å². The summed E-state index contributed by atoms with van der Waals surface area (Å²) in [5.41, 5.74) is 0.239. The van der Waals surface area contributed by atoms with Gasteiger partial charge in [0.25, 0.3) is 5.92 Å². The van der Waals surface area contributed by atoms with Gasteiger partial charge in [-0.15, -0.1) is 0 Å². The normalized spacial score (nSPS) is 22.5. The number of hydrogen-bond acceptors (Lipinski definition) is 6. The highest BCUT2D eigenvalue weighted by Crippen LogP contribution is 2.40.